The van der Waals surface area contributed by atoms with E-state index in [1.54, 1.807) is 19.1 Å². The van der Waals surface area contributed by atoms with Crippen LogP contribution in [0.25, 0.3) is 11.3 Å². The molecule has 0 unspecified atom stereocenters. The molecule has 0 aliphatic rings. The van der Waals surface area contributed by atoms with Crippen LogP contribution in [0.15, 0.2) is 36.4 Å². The lowest BCUT2D eigenvalue weighted by Crippen LogP contribution is -2.16. The molecule has 0 aliphatic heterocycles. The first-order valence-electron chi connectivity index (χ1n) is 7.02. The largest absolute Gasteiger partial charge is 0.253 e. The van der Waals surface area contributed by atoms with Crippen LogP contribution in [-0.4, -0.2) is 4.98 Å². The normalized spacial score (nSPS) is 13.3. The molecule has 2 heteroatoms. The Balaban J connectivity index is 2.41. The second kappa shape index (κ2) is 5.35. The molecule has 0 saturated carbocycles. The number of hydrogen-bond acceptors (Lipinski definition) is 1. The van der Waals surface area contributed by atoms with Gasteiger partial charge in [-0.25, -0.2) is 4.39 Å². The van der Waals surface area contributed by atoms with Gasteiger partial charge in [-0.05, 0) is 36.1 Å². The van der Waals surface area contributed by atoms with Gasteiger partial charge < -0.3 is 0 Å². The highest BCUT2D eigenvalue weighted by Crippen LogP contribution is 2.34. The fourth-order valence-electron chi connectivity index (χ4n) is 2.05. The third kappa shape index (κ3) is 3.06. The molecule has 0 N–H and O–H groups in total. The Hall–Kier alpha value is -1.70. The number of rotatable bonds is 2. The molecular formula is C18H22FN. The Morgan fingerprint density at radius 3 is 2.40 bits per heavy atom. The van der Waals surface area contributed by atoms with Gasteiger partial charge in [-0.1, -0.05) is 45.9 Å². The summed E-state index contributed by atoms with van der Waals surface area (Å²) >= 11 is 0. The fraction of sp³-hybridized carbons (Fsp3) is 0.389. The highest BCUT2D eigenvalue weighted by atomic mass is 19.1. The van der Waals surface area contributed by atoms with Crippen LogP contribution in [-0.2, 0) is 0 Å². The first kappa shape index (κ1) is 14.7. The lowest BCUT2D eigenvalue weighted by molar-refractivity contribution is 0.334. The monoisotopic (exact) mass is 271 g/mol. The summed E-state index contributed by atoms with van der Waals surface area (Å²) in [7, 11) is 0. The molecule has 20 heavy (non-hydrogen) atoms. The van der Waals surface area contributed by atoms with E-state index < -0.39 is 0 Å². The smallest absolute Gasteiger partial charge is 0.126 e. The Morgan fingerprint density at radius 1 is 1.10 bits per heavy atom. The second-order valence-corrected chi connectivity index (χ2v) is 6.50. The third-order valence-electron chi connectivity index (χ3n) is 3.98. The number of benzene rings is 1. The average Bonchev–Trinajstić information content (AvgIpc) is 2.40. The summed E-state index contributed by atoms with van der Waals surface area (Å²) in [6.07, 6.45) is 0. The Kier molecular flexibility index (Phi) is 3.94. The average molecular weight is 271 g/mol. The van der Waals surface area contributed by atoms with Crippen LogP contribution >= 0.6 is 0 Å². The first-order valence-corrected chi connectivity index (χ1v) is 7.02. The number of nitrogens with zero attached hydrogens (tertiary/aromatic N) is 1. The molecule has 1 aromatic heterocycles. The molecule has 0 fully saturated rings. The maximum atomic E-state index is 13.7. The summed E-state index contributed by atoms with van der Waals surface area (Å²) in [6.45, 7) is 10.6. The molecule has 0 saturated heterocycles. The summed E-state index contributed by atoms with van der Waals surface area (Å²) in [4.78, 5) is 4.71. The highest BCUT2D eigenvalue weighted by molar-refractivity contribution is 5.59. The van der Waals surface area contributed by atoms with Crippen molar-refractivity contribution in [3.05, 3.63) is 53.5 Å². The van der Waals surface area contributed by atoms with E-state index in [0.717, 1.165) is 17.0 Å². The number of halogens is 1. The van der Waals surface area contributed by atoms with Gasteiger partial charge in [-0.3, -0.25) is 4.98 Å². The maximum absolute atomic E-state index is 13.7. The van der Waals surface area contributed by atoms with Crippen molar-refractivity contribution >= 4 is 0 Å². The van der Waals surface area contributed by atoms with Gasteiger partial charge in [0.2, 0.25) is 0 Å². The molecule has 0 radical (unpaired) electrons. The lowest BCUT2D eigenvalue weighted by atomic mass is 9.80. The van der Waals surface area contributed by atoms with E-state index in [1.165, 1.54) is 0 Å². The van der Waals surface area contributed by atoms with Gasteiger partial charge in [0.15, 0.2) is 0 Å². The molecule has 1 heterocycles. The quantitative estimate of drug-likeness (QED) is 0.718. The van der Waals surface area contributed by atoms with E-state index in [9.17, 15) is 4.39 Å². The summed E-state index contributed by atoms with van der Waals surface area (Å²) in [5, 5.41) is 0. The van der Waals surface area contributed by atoms with E-state index in [0.29, 0.717) is 11.5 Å². The van der Waals surface area contributed by atoms with Crippen LogP contribution in [0.5, 0.6) is 0 Å². The SMILES string of the molecule is Cc1ccc(-c2cccc([C@H](C)C(C)(C)C)n2)cc1F. The van der Waals surface area contributed by atoms with Crippen molar-refractivity contribution in [3.8, 4) is 11.3 Å². The Labute approximate surface area is 120 Å². The summed E-state index contributed by atoms with van der Waals surface area (Å²) in [5.74, 6) is 0.163. The summed E-state index contributed by atoms with van der Waals surface area (Å²) in [6, 6.07) is 11.3. The van der Waals surface area contributed by atoms with Crippen LogP contribution in [0.2, 0.25) is 0 Å². The van der Waals surface area contributed by atoms with Crippen molar-refractivity contribution in [1.82, 2.24) is 4.98 Å². The van der Waals surface area contributed by atoms with E-state index >= 15 is 0 Å². The van der Waals surface area contributed by atoms with E-state index in [-0.39, 0.29) is 11.2 Å². The van der Waals surface area contributed by atoms with Gasteiger partial charge in [0.25, 0.3) is 0 Å². The molecule has 106 valence electrons. The van der Waals surface area contributed by atoms with Crippen molar-refractivity contribution < 1.29 is 4.39 Å². The van der Waals surface area contributed by atoms with Crippen LogP contribution < -0.4 is 0 Å². The molecule has 1 aromatic carbocycles. The van der Waals surface area contributed by atoms with Gasteiger partial charge in [0, 0.05) is 17.2 Å². The van der Waals surface area contributed by atoms with E-state index in [1.807, 2.05) is 24.3 Å². The zero-order valence-electron chi connectivity index (χ0n) is 12.9. The van der Waals surface area contributed by atoms with Crippen LogP contribution in [0.3, 0.4) is 0 Å². The molecule has 0 spiro atoms. The summed E-state index contributed by atoms with van der Waals surface area (Å²) < 4.78 is 13.7. The van der Waals surface area contributed by atoms with Gasteiger partial charge >= 0.3 is 0 Å². The van der Waals surface area contributed by atoms with Gasteiger partial charge in [0.05, 0.1) is 5.69 Å². The molecule has 2 aromatic rings. The molecule has 2 rings (SSSR count). The van der Waals surface area contributed by atoms with E-state index in [4.69, 9.17) is 4.98 Å². The number of pyridine rings is 1. The van der Waals surface area contributed by atoms with Crippen molar-refractivity contribution in [3.63, 3.8) is 0 Å². The lowest BCUT2D eigenvalue weighted by Gasteiger charge is -2.27. The van der Waals surface area contributed by atoms with Crippen molar-refractivity contribution in [2.24, 2.45) is 5.41 Å². The van der Waals surface area contributed by atoms with E-state index in [2.05, 4.69) is 27.7 Å². The number of aromatic nitrogens is 1. The number of aryl methyl sites for hydroxylation is 1. The number of hydrogen-bond donors (Lipinski definition) is 0. The Morgan fingerprint density at radius 2 is 1.80 bits per heavy atom. The second-order valence-electron chi connectivity index (χ2n) is 6.50. The molecule has 0 amide bonds. The molecule has 1 nitrogen and oxygen atoms in total. The van der Waals surface area contributed by atoms with Crippen molar-refractivity contribution in [2.45, 2.75) is 40.5 Å². The van der Waals surface area contributed by atoms with Crippen LogP contribution in [0.1, 0.15) is 44.9 Å². The minimum absolute atomic E-state index is 0.157. The minimum atomic E-state index is -0.182. The summed E-state index contributed by atoms with van der Waals surface area (Å²) in [5.41, 5.74) is 3.53. The maximum Gasteiger partial charge on any atom is 0.126 e. The predicted octanol–water partition coefficient (Wildman–Crippen LogP) is 5.35. The van der Waals surface area contributed by atoms with Crippen molar-refractivity contribution in [2.75, 3.05) is 0 Å². The third-order valence-corrected chi connectivity index (χ3v) is 3.98. The van der Waals surface area contributed by atoms with Gasteiger partial charge in [-0.2, -0.15) is 0 Å². The topological polar surface area (TPSA) is 12.9 Å². The van der Waals surface area contributed by atoms with Crippen LogP contribution in [0.4, 0.5) is 4.39 Å². The first-order chi connectivity index (χ1) is 9.29. The fourth-order valence-corrected chi connectivity index (χ4v) is 2.05. The van der Waals surface area contributed by atoms with Crippen LogP contribution in [0, 0.1) is 18.2 Å². The molecule has 0 aliphatic carbocycles. The van der Waals surface area contributed by atoms with Gasteiger partial charge in [0.1, 0.15) is 5.82 Å². The predicted molar refractivity (Wildman–Crippen MR) is 82.2 cm³/mol. The zero-order chi connectivity index (χ0) is 14.9. The minimum Gasteiger partial charge on any atom is -0.253 e. The van der Waals surface area contributed by atoms with Gasteiger partial charge in [-0.15, -0.1) is 0 Å². The molecule has 0 bridgehead atoms. The van der Waals surface area contributed by atoms with Crippen molar-refractivity contribution in [1.29, 1.82) is 0 Å². The zero-order valence-corrected chi connectivity index (χ0v) is 12.9. The standard InChI is InChI=1S/C18H22FN/c1-12-9-10-14(11-15(12)19)17-8-6-7-16(20-17)13(2)18(3,4)5/h6-11,13H,1-5H3/t13-/m0/s1. The molecular weight excluding hydrogens is 249 g/mol. The Bertz CT molecular complexity index is 611. The highest BCUT2D eigenvalue weighted by Gasteiger charge is 2.23. The molecule has 1 atom stereocenters.